The van der Waals surface area contributed by atoms with Crippen molar-refractivity contribution in [2.75, 3.05) is 6.61 Å². The topological polar surface area (TPSA) is 105 Å². The molecule has 7 nitrogen and oxygen atoms in total. The molecule has 0 saturated carbocycles. The molecule has 3 rings (SSSR count). The van der Waals surface area contributed by atoms with Gasteiger partial charge in [0.1, 0.15) is 6.61 Å². The van der Waals surface area contributed by atoms with E-state index < -0.39 is 18.1 Å². The SMILES string of the molecule is CCC(CCC(=O)N[C@@H](C)CC(=O)O)NC(=O)OCC1c2ccccc2-c2ccccc21. The van der Waals surface area contributed by atoms with Gasteiger partial charge >= 0.3 is 12.1 Å². The van der Waals surface area contributed by atoms with Crippen LogP contribution in [0.5, 0.6) is 0 Å². The van der Waals surface area contributed by atoms with E-state index in [2.05, 4.69) is 34.9 Å². The van der Waals surface area contributed by atoms with Crippen LogP contribution in [0.3, 0.4) is 0 Å². The summed E-state index contributed by atoms with van der Waals surface area (Å²) in [5.74, 6) is -1.19. The van der Waals surface area contributed by atoms with E-state index in [-0.39, 0.29) is 37.3 Å². The van der Waals surface area contributed by atoms with Crippen molar-refractivity contribution in [3.8, 4) is 11.1 Å². The van der Waals surface area contributed by atoms with Gasteiger partial charge in [0.15, 0.2) is 0 Å². The summed E-state index contributed by atoms with van der Waals surface area (Å²) < 4.78 is 5.57. The van der Waals surface area contributed by atoms with E-state index in [1.54, 1.807) is 6.92 Å². The number of ether oxygens (including phenoxy) is 1. The second-order valence-electron chi connectivity index (χ2n) is 8.18. The van der Waals surface area contributed by atoms with Crippen LogP contribution in [0.25, 0.3) is 11.1 Å². The van der Waals surface area contributed by atoms with Crippen LogP contribution in [0.1, 0.15) is 56.6 Å². The molecule has 0 spiro atoms. The molecule has 0 heterocycles. The summed E-state index contributed by atoms with van der Waals surface area (Å²) in [6, 6.07) is 15.7. The third kappa shape index (κ3) is 5.87. The monoisotopic (exact) mass is 438 g/mol. The first-order valence-electron chi connectivity index (χ1n) is 11.0. The van der Waals surface area contributed by atoms with E-state index in [0.717, 1.165) is 11.1 Å². The molecule has 1 aliphatic rings. The maximum Gasteiger partial charge on any atom is 0.407 e. The quantitative estimate of drug-likeness (QED) is 0.519. The Morgan fingerprint density at radius 3 is 2.16 bits per heavy atom. The third-order valence-corrected chi connectivity index (χ3v) is 5.77. The van der Waals surface area contributed by atoms with Crippen molar-refractivity contribution in [1.82, 2.24) is 10.6 Å². The summed E-state index contributed by atoms with van der Waals surface area (Å²) in [6.45, 7) is 3.82. The minimum absolute atomic E-state index is 0.00488. The van der Waals surface area contributed by atoms with Gasteiger partial charge in [-0.25, -0.2) is 4.79 Å². The molecule has 7 heteroatoms. The molecule has 1 unspecified atom stereocenters. The summed E-state index contributed by atoms with van der Waals surface area (Å²) in [4.78, 5) is 35.2. The Bertz CT molecular complexity index is 929. The van der Waals surface area contributed by atoms with Gasteiger partial charge in [0.25, 0.3) is 0 Å². The zero-order chi connectivity index (χ0) is 23.1. The van der Waals surface area contributed by atoms with Gasteiger partial charge in [-0.15, -0.1) is 0 Å². The molecule has 2 amide bonds. The molecule has 2 aromatic rings. The lowest BCUT2D eigenvalue weighted by Gasteiger charge is -2.19. The summed E-state index contributed by atoms with van der Waals surface area (Å²) in [6.07, 6.45) is 0.681. The highest BCUT2D eigenvalue weighted by atomic mass is 16.5. The van der Waals surface area contributed by atoms with Crippen LogP contribution in [-0.2, 0) is 14.3 Å². The molecular weight excluding hydrogens is 408 g/mol. The second kappa shape index (κ2) is 10.8. The molecule has 2 atom stereocenters. The number of carbonyl (C=O) groups excluding carboxylic acids is 2. The molecule has 0 fully saturated rings. The van der Waals surface area contributed by atoms with Crippen molar-refractivity contribution in [1.29, 1.82) is 0 Å². The number of carboxylic acid groups (broad SMARTS) is 1. The van der Waals surface area contributed by atoms with E-state index in [9.17, 15) is 14.4 Å². The van der Waals surface area contributed by atoms with Gasteiger partial charge in [-0.05, 0) is 42.0 Å². The molecule has 170 valence electrons. The minimum atomic E-state index is -0.957. The largest absolute Gasteiger partial charge is 0.481 e. The number of hydrogen-bond donors (Lipinski definition) is 3. The number of hydrogen-bond acceptors (Lipinski definition) is 4. The van der Waals surface area contributed by atoms with E-state index >= 15 is 0 Å². The summed E-state index contributed by atoms with van der Waals surface area (Å²) in [7, 11) is 0. The third-order valence-electron chi connectivity index (χ3n) is 5.77. The van der Waals surface area contributed by atoms with Crippen molar-refractivity contribution >= 4 is 18.0 Å². The van der Waals surface area contributed by atoms with Crippen LogP contribution in [0, 0.1) is 0 Å². The summed E-state index contributed by atoms with van der Waals surface area (Å²) in [5, 5.41) is 14.3. The van der Waals surface area contributed by atoms with Crippen molar-refractivity contribution in [3.05, 3.63) is 59.7 Å². The predicted octanol–water partition coefficient (Wildman–Crippen LogP) is 4.06. The fourth-order valence-corrected chi connectivity index (χ4v) is 4.15. The van der Waals surface area contributed by atoms with Crippen LogP contribution in [-0.4, -0.2) is 41.8 Å². The van der Waals surface area contributed by atoms with E-state index in [0.29, 0.717) is 12.8 Å². The number of aliphatic carboxylic acids is 1. The van der Waals surface area contributed by atoms with E-state index in [1.807, 2.05) is 31.2 Å². The Hall–Kier alpha value is -3.35. The van der Waals surface area contributed by atoms with Gasteiger partial charge in [0.05, 0.1) is 6.42 Å². The van der Waals surface area contributed by atoms with Gasteiger partial charge < -0.3 is 20.5 Å². The number of alkyl carbamates (subject to hydrolysis) is 1. The highest BCUT2D eigenvalue weighted by Crippen LogP contribution is 2.44. The van der Waals surface area contributed by atoms with Crippen molar-refractivity contribution < 1.29 is 24.2 Å². The minimum Gasteiger partial charge on any atom is -0.481 e. The zero-order valence-corrected chi connectivity index (χ0v) is 18.5. The molecule has 0 radical (unpaired) electrons. The number of fused-ring (bicyclic) bond motifs is 3. The number of amides is 2. The lowest BCUT2D eigenvalue weighted by Crippen LogP contribution is -2.38. The van der Waals surface area contributed by atoms with Gasteiger partial charge in [0, 0.05) is 24.4 Å². The fraction of sp³-hybridized carbons (Fsp3) is 0.400. The fourth-order valence-electron chi connectivity index (χ4n) is 4.15. The van der Waals surface area contributed by atoms with E-state index in [4.69, 9.17) is 9.84 Å². The summed E-state index contributed by atoms with van der Waals surface area (Å²) in [5.41, 5.74) is 4.65. The van der Waals surface area contributed by atoms with Crippen molar-refractivity contribution in [2.24, 2.45) is 0 Å². The molecule has 3 N–H and O–H groups in total. The number of carbonyl (C=O) groups is 3. The predicted molar refractivity (Wildman–Crippen MR) is 121 cm³/mol. The lowest BCUT2D eigenvalue weighted by atomic mass is 9.98. The normalized spacial score (nSPS) is 14.1. The standard InChI is InChI=1S/C25H30N2O5/c1-3-17(12-13-23(28)26-16(2)14-24(29)30)27-25(31)32-15-22-20-10-6-4-8-18(20)19-9-5-7-11-21(19)22/h4-11,16-17,22H,3,12-15H2,1-2H3,(H,26,28)(H,27,31)(H,29,30)/t16-,17?/m0/s1. The molecule has 0 aliphatic heterocycles. The van der Waals surface area contributed by atoms with Crippen LogP contribution in [0.4, 0.5) is 4.79 Å². The summed E-state index contributed by atoms with van der Waals surface area (Å²) >= 11 is 0. The highest BCUT2D eigenvalue weighted by Gasteiger charge is 2.29. The molecule has 0 aromatic heterocycles. The van der Waals surface area contributed by atoms with Crippen LogP contribution < -0.4 is 10.6 Å². The maximum absolute atomic E-state index is 12.4. The smallest absolute Gasteiger partial charge is 0.407 e. The van der Waals surface area contributed by atoms with Gasteiger partial charge in [-0.3, -0.25) is 9.59 Å². The van der Waals surface area contributed by atoms with Crippen molar-refractivity contribution in [2.45, 2.75) is 57.5 Å². The van der Waals surface area contributed by atoms with Gasteiger partial charge in [-0.2, -0.15) is 0 Å². The van der Waals surface area contributed by atoms with Crippen LogP contribution >= 0.6 is 0 Å². The van der Waals surface area contributed by atoms with E-state index in [1.165, 1.54) is 11.1 Å². The number of rotatable bonds is 10. The molecule has 2 aromatic carbocycles. The molecule has 0 saturated heterocycles. The number of carboxylic acids is 1. The first kappa shape index (κ1) is 23.3. The number of benzene rings is 2. The Kier molecular flexibility index (Phi) is 7.87. The molecule has 32 heavy (non-hydrogen) atoms. The Balaban J connectivity index is 1.50. The first-order chi connectivity index (χ1) is 15.4. The molecule has 0 bridgehead atoms. The Morgan fingerprint density at radius 2 is 1.59 bits per heavy atom. The zero-order valence-electron chi connectivity index (χ0n) is 18.5. The molecular formula is C25H30N2O5. The second-order valence-corrected chi connectivity index (χ2v) is 8.18. The highest BCUT2D eigenvalue weighted by molar-refractivity contribution is 5.79. The van der Waals surface area contributed by atoms with Gasteiger partial charge in [0.2, 0.25) is 5.91 Å². The van der Waals surface area contributed by atoms with Gasteiger partial charge in [-0.1, -0.05) is 55.5 Å². The molecule has 1 aliphatic carbocycles. The maximum atomic E-state index is 12.4. The first-order valence-corrected chi connectivity index (χ1v) is 11.0. The Labute approximate surface area is 188 Å². The lowest BCUT2D eigenvalue weighted by molar-refractivity contribution is -0.137. The Morgan fingerprint density at radius 1 is 1.00 bits per heavy atom. The van der Waals surface area contributed by atoms with Crippen molar-refractivity contribution in [3.63, 3.8) is 0 Å². The average Bonchev–Trinajstić information content (AvgIpc) is 3.08. The number of nitrogens with one attached hydrogen (secondary N) is 2. The van der Waals surface area contributed by atoms with Crippen LogP contribution in [0.2, 0.25) is 0 Å². The average molecular weight is 439 g/mol. The van der Waals surface area contributed by atoms with Crippen LogP contribution in [0.15, 0.2) is 48.5 Å².